The predicted octanol–water partition coefficient (Wildman–Crippen LogP) is 1.78. The molecular formula is C14H21N3O. The van der Waals surface area contributed by atoms with Gasteiger partial charge in [0.1, 0.15) is 5.82 Å². The van der Waals surface area contributed by atoms with Crippen molar-refractivity contribution < 1.29 is 5.11 Å². The third-order valence-corrected chi connectivity index (χ3v) is 3.28. The first-order valence-corrected chi connectivity index (χ1v) is 6.38. The zero-order valence-corrected chi connectivity index (χ0v) is 11.3. The molecule has 0 aliphatic carbocycles. The number of benzene rings is 1. The van der Waals surface area contributed by atoms with Crippen LogP contribution in [0.2, 0.25) is 0 Å². The Balaban J connectivity index is 2.14. The van der Waals surface area contributed by atoms with Crippen molar-refractivity contribution in [3.05, 3.63) is 30.1 Å². The SMILES string of the molecule is CCC(O)CN(C)Cc1nc2ccccc2n1C. The van der Waals surface area contributed by atoms with Crippen molar-refractivity contribution in [3.63, 3.8) is 0 Å². The molecule has 0 saturated carbocycles. The molecule has 1 aromatic heterocycles. The highest BCUT2D eigenvalue weighted by Gasteiger charge is 2.11. The lowest BCUT2D eigenvalue weighted by Crippen LogP contribution is -2.29. The topological polar surface area (TPSA) is 41.3 Å². The van der Waals surface area contributed by atoms with Crippen LogP contribution in [0.3, 0.4) is 0 Å². The van der Waals surface area contributed by atoms with E-state index in [1.807, 2.05) is 39.2 Å². The van der Waals surface area contributed by atoms with Gasteiger partial charge in [-0.1, -0.05) is 19.1 Å². The number of aliphatic hydroxyl groups is 1. The number of para-hydroxylation sites is 2. The van der Waals surface area contributed by atoms with Gasteiger partial charge in [-0.15, -0.1) is 0 Å². The normalized spacial score (nSPS) is 13.4. The highest BCUT2D eigenvalue weighted by molar-refractivity contribution is 5.75. The van der Waals surface area contributed by atoms with Crippen molar-refractivity contribution in [1.82, 2.24) is 14.5 Å². The fraction of sp³-hybridized carbons (Fsp3) is 0.500. The quantitative estimate of drug-likeness (QED) is 0.875. The molecule has 0 bridgehead atoms. The molecule has 1 unspecified atom stereocenters. The summed E-state index contributed by atoms with van der Waals surface area (Å²) in [5.41, 5.74) is 2.18. The molecule has 0 aliphatic rings. The number of imidazole rings is 1. The van der Waals surface area contributed by atoms with Crippen LogP contribution in [-0.4, -0.2) is 39.3 Å². The number of likely N-dealkylation sites (N-methyl/N-ethyl adjacent to an activating group) is 1. The molecule has 0 saturated heterocycles. The Morgan fingerprint density at radius 1 is 1.39 bits per heavy atom. The van der Waals surface area contributed by atoms with Gasteiger partial charge in [-0.2, -0.15) is 0 Å². The lowest BCUT2D eigenvalue weighted by atomic mass is 10.2. The van der Waals surface area contributed by atoms with E-state index in [4.69, 9.17) is 0 Å². The molecule has 2 rings (SSSR count). The third kappa shape index (κ3) is 2.71. The first-order valence-electron chi connectivity index (χ1n) is 6.38. The number of aryl methyl sites for hydroxylation is 1. The molecule has 0 aliphatic heterocycles. The first-order chi connectivity index (χ1) is 8.61. The summed E-state index contributed by atoms with van der Waals surface area (Å²) in [4.78, 5) is 6.73. The zero-order chi connectivity index (χ0) is 13.1. The van der Waals surface area contributed by atoms with Gasteiger partial charge in [0.05, 0.1) is 23.7 Å². The summed E-state index contributed by atoms with van der Waals surface area (Å²) in [6, 6.07) is 8.13. The Morgan fingerprint density at radius 2 is 2.11 bits per heavy atom. The van der Waals surface area contributed by atoms with Gasteiger partial charge in [0, 0.05) is 13.6 Å². The average molecular weight is 247 g/mol. The van der Waals surface area contributed by atoms with Crippen molar-refractivity contribution >= 4 is 11.0 Å². The number of aliphatic hydroxyl groups excluding tert-OH is 1. The standard InChI is InChI=1S/C14H21N3O/c1-4-11(18)9-16(2)10-14-15-12-7-5-6-8-13(12)17(14)3/h5-8,11,18H,4,9-10H2,1-3H3. The molecule has 4 nitrogen and oxygen atoms in total. The van der Waals surface area contributed by atoms with Gasteiger partial charge in [0.25, 0.3) is 0 Å². The van der Waals surface area contributed by atoms with E-state index < -0.39 is 0 Å². The summed E-state index contributed by atoms with van der Waals surface area (Å²) in [7, 11) is 4.05. The smallest absolute Gasteiger partial charge is 0.123 e. The molecule has 2 aromatic rings. The highest BCUT2D eigenvalue weighted by atomic mass is 16.3. The Labute approximate surface area is 108 Å². The van der Waals surface area contributed by atoms with Gasteiger partial charge in [-0.3, -0.25) is 4.90 Å². The second-order valence-corrected chi connectivity index (χ2v) is 4.83. The van der Waals surface area contributed by atoms with Crippen LogP contribution in [0.4, 0.5) is 0 Å². The van der Waals surface area contributed by atoms with Gasteiger partial charge >= 0.3 is 0 Å². The summed E-state index contributed by atoms with van der Waals surface area (Å²) in [6.07, 6.45) is 0.525. The molecule has 0 spiro atoms. The second kappa shape index (κ2) is 5.50. The molecule has 4 heteroatoms. The number of nitrogens with zero attached hydrogens (tertiary/aromatic N) is 3. The second-order valence-electron chi connectivity index (χ2n) is 4.83. The Morgan fingerprint density at radius 3 is 2.78 bits per heavy atom. The largest absolute Gasteiger partial charge is 0.392 e. The van der Waals surface area contributed by atoms with E-state index in [1.54, 1.807) is 0 Å². The Bertz CT molecular complexity index is 521. The summed E-state index contributed by atoms with van der Waals surface area (Å²) in [5.74, 6) is 1.03. The first kappa shape index (κ1) is 13.1. The molecular weight excluding hydrogens is 226 g/mol. The number of hydrogen-bond acceptors (Lipinski definition) is 3. The van der Waals surface area contributed by atoms with Crippen molar-refractivity contribution in [1.29, 1.82) is 0 Å². The van der Waals surface area contributed by atoms with Crippen molar-refractivity contribution in [2.45, 2.75) is 26.0 Å². The van der Waals surface area contributed by atoms with Crippen LogP contribution in [0.1, 0.15) is 19.2 Å². The van der Waals surface area contributed by atoms with Crippen LogP contribution < -0.4 is 0 Å². The zero-order valence-electron chi connectivity index (χ0n) is 11.3. The van der Waals surface area contributed by atoms with Gasteiger partial charge in [-0.25, -0.2) is 4.98 Å². The molecule has 1 heterocycles. The van der Waals surface area contributed by atoms with E-state index >= 15 is 0 Å². The monoisotopic (exact) mass is 247 g/mol. The van der Waals surface area contributed by atoms with E-state index in [0.717, 1.165) is 29.8 Å². The van der Waals surface area contributed by atoms with E-state index in [0.29, 0.717) is 6.54 Å². The maximum Gasteiger partial charge on any atom is 0.123 e. The third-order valence-electron chi connectivity index (χ3n) is 3.28. The molecule has 1 atom stereocenters. The highest BCUT2D eigenvalue weighted by Crippen LogP contribution is 2.15. The van der Waals surface area contributed by atoms with E-state index in [2.05, 4.69) is 20.5 Å². The van der Waals surface area contributed by atoms with Crippen molar-refractivity contribution in [3.8, 4) is 0 Å². The van der Waals surface area contributed by atoms with E-state index in [-0.39, 0.29) is 6.10 Å². The summed E-state index contributed by atoms with van der Waals surface area (Å²) in [6.45, 7) is 3.43. The van der Waals surface area contributed by atoms with Gasteiger partial charge in [0.15, 0.2) is 0 Å². The Hall–Kier alpha value is -1.39. The van der Waals surface area contributed by atoms with Crippen LogP contribution in [0.15, 0.2) is 24.3 Å². The number of rotatable bonds is 5. The molecule has 1 N–H and O–H groups in total. The van der Waals surface area contributed by atoms with E-state index in [9.17, 15) is 5.11 Å². The van der Waals surface area contributed by atoms with Gasteiger partial charge in [-0.05, 0) is 25.6 Å². The molecule has 0 fully saturated rings. The summed E-state index contributed by atoms with van der Waals surface area (Å²) in [5, 5.41) is 9.65. The maximum atomic E-state index is 9.65. The van der Waals surface area contributed by atoms with Crippen LogP contribution >= 0.6 is 0 Å². The number of fused-ring (bicyclic) bond motifs is 1. The predicted molar refractivity (Wildman–Crippen MR) is 73.3 cm³/mol. The number of hydrogen-bond donors (Lipinski definition) is 1. The van der Waals surface area contributed by atoms with Crippen molar-refractivity contribution in [2.24, 2.45) is 7.05 Å². The average Bonchev–Trinajstić information content (AvgIpc) is 2.66. The molecule has 0 amide bonds. The van der Waals surface area contributed by atoms with Gasteiger partial charge in [0.2, 0.25) is 0 Å². The fourth-order valence-electron chi connectivity index (χ4n) is 2.13. The maximum absolute atomic E-state index is 9.65. The Kier molecular flexibility index (Phi) is 3.99. The van der Waals surface area contributed by atoms with Crippen LogP contribution in [0.25, 0.3) is 11.0 Å². The van der Waals surface area contributed by atoms with Crippen molar-refractivity contribution in [2.75, 3.05) is 13.6 Å². The minimum absolute atomic E-state index is 0.260. The molecule has 1 aromatic carbocycles. The number of aromatic nitrogens is 2. The van der Waals surface area contributed by atoms with Crippen LogP contribution in [-0.2, 0) is 13.6 Å². The lowest BCUT2D eigenvalue weighted by Gasteiger charge is -2.19. The minimum atomic E-state index is -0.260. The molecule has 18 heavy (non-hydrogen) atoms. The van der Waals surface area contributed by atoms with Crippen LogP contribution in [0, 0.1) is 0 Å². The molecule has 0 radical (unpaired) electrons. The summed E-state index contributed by atoms with van der Waals surface area (Å²) >= 11 is 0. The minimum Gasteiger partial charge on any atom is -0.392 e. The van der Waals surface area contributed by atoms with Gasteiger partial charge < -0.3 is 9.67 Å². The van der Waals surface area contributed by atoms with Crippen LogP contribution in [0.5, 0.6) is 0 Å². The molecule has 98 valence electrons. The lowest BCUT2D eigenvalue weighted by molar-refractivity contribution is 0.118. The fourth-order valence-corrected chi connectivity index (χ4v) is 2.13. The summed E-state index contributed by atoms with van der Waals surface area (Å²) < 4.78 is 2.12. The van der Waals surface area contributed by atoms with E-state index in [1.165, 1.54) is 0 Å².